The number of para-hydroxylation sites is 1. The van der Waals surface area contributed by atoms with Crippen molar-refractivity contribution in [1.29, 1.82) is 0 Å². The van der Waals surface area contributed by atoms with Crippen molar-refractivity contribution in [3.8, 4) is 0 Å². The molecule has 0 spiro atoms. The fraction of sp³-hybridized carbons (Fsp3) is 0.385. The van der Waals surface area contributed by atoms with Crippen LogP contribution in [0.5, 0.6) is 0 Å². The van der Waals surface area contributed by atoms with E-state index in [1.807, 2.05) is 12.3 Å². The molecule has 5 nitrogen and oxygen atoms in total. The van der Waals surface area contributed by atoms with Gasteiger partial charge in [0.15, 0.2) is 5.96 Å². The van der Waals surface area contributed by atoms with Crippen molar-refractivity contribution in [3.63, 3.8) is 0 Å². The van der Waals surface area contributed by atoms with Crippen molar-refractivity contribution in [2.45, 2.75) is 39.3 Å². The van der Waals surface area contributed by atoms with Crippen molar-refractivity contribution in [2.24, 2.45) is 10.9 Å². The summed E-state index contributed by atoms with van der Waals surface area (Å²) in [5, 5.41) is 8.09. The number of nitrogens with one attached hydrogen (secondary N) is 2. The van der Waals surface area contributed by atoms with Crippen LogP contribution < -0.4 is 10.6 Å². The topological polar surface area (TPSA) is 58.5 Å². The van der Waals surface area contributed by atoms with E-state index in [4.69, 9.17) is 9.73 Å². The maximum Gasteiger partial charge on any atom is 0.191 e. The molecule has 0 aliphatic carbocycles. The minimum absolute atomic E-state index is 0.131. The van der Waals surface area contributed by atoms with Crippen LogP contribution in [0.3, 0.4) is 0 Å². The predicted octanol–water partition coefficient (Wildman–Crippen LogP) is 4.77. The summed E-state index contributed by atoms with van der Waals surface area (Å²) >= 11 is 0. The monoisotopic (exact) mass is 416 g/mol. The zero-order valence-corrected chi connectivity index (χ0v) is 18.5. The van der Waals surface area contributed by atoms with Crippen LogP contribution >= 0.6 is 0 Å². The highest BCUT2D eigenvalue weighted by atomic mass is 16.5. The highest BCUT2D eigenvalue weighted by molar-refractivity contribution is 5.83. The molecular weight excluding hydrogens is 384 g/mol. The fourth-order valence-corrected chi connectivity index (χ4v) is 4.21. The standard InChI is InChI=1S/C26H32N4O/c1-3-27-26(29-17-22-8-4-7-20-9-5-15-28-24(20)22)30-18-23-10-6-16-31-25(23)21-13-11-19(2)12-14-21/h4-5,7-9,11-15,23,25H,3,6,10,16-18H2,1-2H3,(H2,27,29,30). The number of hydrogen-bond donors (Lipinski definition) is 2. The van der Waals surface area contributed by atoms with E-state index >= 15 is 0 Å². The van der Waals surface area contributed by atoms with E-state index in [0.717, 1.165) is 55.0 Å². The van der Waals surface area contributed by atoms with Gasteiger partial charge in [0.25, 0.3) is 0 Å². The van der Waals surface area contributed by atoms with Gasteiger partial charge < -0.3 is 15.4 Å². The highest BCUT2D eigenvalue weighted by Crippen LogP contribution is 2.33. The van der Waals surface area contributed by atoms with Crippen molar-refractivity contribution >= 4 is 16.9 Å². The Morgan fingerprint density at radius 3 is 2.77 bits per heavy atom. The van der Waals surface area contributed by atoms with Gasteiger partial charge in [-0.2, -0.15) is 0 Å². The summed E-state index contributed by atoms with van der Waals surface area (Å²) in [6.45, 7) is 7.29. The lowest BCUT2D eigenvalue weighted by Gasteiger charge is -2.32. The SMILES string of the molecule is CCNC(=NCc1cccc2cccnc12)NCC1CCCOC1c1ccc(C)cc1. The number of aryl methyl sites for hydroxylation is 1. The lowest BCUT2D eigenvalue weighted by Crippen LogP contribution is -2.42. The number of fused-ring (bicyclic) bond motifs is 1. The molecule has 3 aromatic rings. The number of guanidine groups is 1. The van der Waals surface area contributed by atoms with Crippen molar-refractivity contribution in [2.75, 3.05) is 19.7 Å². The van der Waals surface area contributed by atoms with Crippen LogP contribution in [0.2, 0.25) is 0 Å². The molecule has 1 aliphatic rings. The molecule has 1 aromatic heterocycles. The van der Waals surface area contributed by atoms with Gasteiger partial charge in [0.05, 0.1) is 18.2 Å². The summed E-state index contributed by atoms with van der Waals surface area (Å²) in [5.41, 5.74) is 4.69. The van der Waals surface area contributed by atoms with Crippen LogP contribution in [-0.2, 0) is 11.3 Å². The Balaban J connectivity index is 1.45. The van der Waals surface area contributed by atoms with Gasteiger partial charge in [-0.05, 0) is 43.9 Å². The van der Waals surface area contributed by atoms with E-state index in [1.165, 1.54) is 11.1 Å². The summed E-state index contributed by atoms with van der Waals surface area (Å²) in [7, 11) is 0. The number of aliphatic imine (C=N–C) groups is 1. The van der Waals surface area contributed by atoms with Crippen LogP contribution in [-0.4, -0.2) is 30.6 Å². The summed E-state index contributed by atoms with van der Waals surface area (Å²) in [6, 6.07) is 19.1. The lowest BCUT2D eigenvalue weighted by atomic mass is 9.89. The average Bonchev–Trinajstić information content (AvgIpc) is 2.81. The van der Waals surface area contributed by atoms with Gasteiger partial charge in [0.1, 0.15) is 0 Å². The Hall–Kier alpha value is -2.92. The number of pyridine rings is 1. The van der Waals surface area contributed by atoms with Gasteiger partial charge in [0.2, 0.25) is 0 Å². The van der Waals surface area contributed by atoms with Gasteiger partial charge >= 0.3 is 0 Å². The van der Waals surface area contributed by atoms with Crippen LogP contribution in [0.4, 0.5) is 0 Å². The largest absolute Gasteiger partial charge is 0.373 e. The molecule has 4 rings (SSSR count). The zero-order chi connectivity index (χ0) is 21.5. The molecule has 0 amide bonds. The Labute approximate surface area is 185 Å². The Morgan fingerprint density at radius 2 is 1.94 bits per heavy atom. The molecule has 1 saturated heterocycles. The number of rotatable bonds is 6. The van der Waals surface area contributed by atoms with Gasteiger partial charge in [-0.15, -0.1) is 0 Å². The summed E-state index contributed by atoms with van der Waals surface area (Å²) in [6.07, 6.45) is 4.22. The molecule has 0 radical (unpaired) electrons. The molecule has 31 heavy (non-hydrogen) atoms. The summed E-state index contributed by atoms with van der Waals surface area (Å²) < 4.78 is 6.18. The minimum atomic E-state index is 0.131. The molecule has 162 valence electrons. The molecule has 5 heteroatoms. The van der Waals surface area contributed by atoms with E-state index in [9.17, 15) is 0 Å². The predicted molar refractivity (Wildman–Crippen MR) is 127 cm³/mol. The van der Waals surface area contributed by atoms with Crippen LogP contribution in [0.25, 0.3) is 10.9 Å². The quantitative estimate of drug-likeness (QED) is 0.449. The first-order valence-electron chi connectivity index (χ1n) is 11.3. The van der Waals surface area contributed by atoms with Gasteiger partial charge in [-0.25, -0.2) is 4.99 Å². The molecule has 1 aliphatic heterocycles. The number of hydrogen-bond acceptors (Lipinski definition) is 3. The van der Waals surface area contributed by atoms with Gasteiger partial charge in [0, 0.05) is 37.2 Å². The normalized spacial score (nSPS) is 19.4. The molecule has 0 saturated carbocycles. The Bertz CT molecular complexity index is 1010. The third-order valence-corrected chi connectivity index (χ3v) is 5.85. The maximum absolute atomic E-state index is 6.18. The van der Waals surface area contributed by atoms with E-state index < -0.39 is 0 Å². The fourth-order valence-electron chi connectivity index (χ4n) is 4.21. The Morgan fingerprint density at radius 1 is 1.10 bits per heavy atom. The molecule has 0 bridgehead atoms. The van der Waals surface area contributed by atoms with E-state index in [-0.39, 0.29) is 6.10 Å². The van der Waals surface area contributed by atoms with Gasteiger partial charge in [-0.1, -0.05) is 54.1 Å². The third kappa shape index (κ3) is 5.42. The number of nitrogens with zero attached hydrogens (tertiary/aromatic N) is 2. The van der Waals surface area contributed by atoms with Gasteiger partial charge in [-0.3, -0.25) is 4.98 Å². The highest BCUT2D eigenvalue weighted by Gasteiger charge is 2.27. The molecule has 1 fully saturated rings. The first kappa shape index (κ1) is 21.3. The number of aromatic nitrogens is 1. The smallest absolute Gasteiger partial charge is 0.191 e. The first-order valence-corrected chi connectivity index (χ1v) is 11.3. The molecule has 2 aromatic carbocycles. The molecule has 2 heterocycles. The maximum atomic E-state index is 6.18. The number of benzene rings is 2. The molecule has 2 N–H and O–H groups in total. The van der Waals surface area contributed by atoms with Crippen molar-refractivity contribution in [1.82, 2.24) is 15.6 Å². The summed E-state index contributed by atoms with van der Waals surface area (Å²) in [5.74, 6) is 1.25. The van der Waals surface area contributed by atoms with Crippen LogP contribution in [0, 0.1) is 12.8 Å². The van der Waals surface area contributed by atoms with Crippen LogP contribution in [0.15, 0.2) is 65.8 Å². The van der Waals surface area contributed by atoms with Crippen LogP contribution in [0.1, 0.15) is 42.6 Å². The third-order valence-electron chi connectivity index (χ3n) is 5.85. The second kappa shape index (κ2) is 10.4. The minimum Gasteiger partial charge on any atom is -0.373 e. The molecular formula is C26H32N4O. The second-order valence-electron chi connectivity index (χ2n) is 8.17. The zero-order valence-electron chi connectivity index (χ0n) is 18.5. The van der Waals surface area contributed by atoms with Crippen molar-refractivity contribution in [3.05, 3.63) is 77.5 Å². The average molecular weight is 417 g/mol. The second-order valence-corrected chi connectivity index (χ2v) is 8.17. The van der Waals surface area contributed by atoms with E-state index in [2.05, 4.69) is 78.0 Å². The molecule has 2 atom stereocenters. The summed E-state index contributed by atoms with van der Waals surface area (Å²) in [4.78, 5) is 9.39. The molecule has 2 unspecified atom stereocenters. The van der Waals surface area contributed by atoms with E-state index in [0.29, 0.717) is 12.5 Å². The van der Waals surface area contributed by atoms with Crippen molar-refractivity contribution < 1.29 is 4.74 Å². The first-order chi connectivity index (χ1) is 15.2. The Kier molecular flexibility index (Phi) is 7.15. The lowest BCUT2D eigenvalue weighted by molar-refractivity contribution is -0.0265. The number of ether oxygens (including phenoxy) is 1. The van der Waals surface area contributed by atoms with E-state index in [1.54, 1.807) is 0 Å².